The lowest BCUT2D eigenvalue weighted by atomic mass is 10.1. The lowest BCUT2D eigenvalue weighted by molar-refractivity contribution is -0.131. The number of carbonyl (C=O) groups is 2. The second kappa shape index (κ2) is 5.31. The first-order valence-electron chi connectivity index (χ1n) is 6.70. The maximum absolute atomic E-state index is 12.4. The van der Waals surface area contributed by atoms with Gasteiger partial charge >= 0.3 is 6.61 Å². The summed E-state index contributed by atoms with van der Waals surface area (Å²) < 4.78 is 28.5. The topological polar surface area (TPSA) is 58.6 Å². The Morgan fingerprint density at radius 3 is 2.43 bits per heavy atom. The molecule has 1 saturated carbocycles. The van der Waals surface area contributed by atoms with Crippen molar-refractivity contribution >= 4 is 17.5 Å². The second-order valence-corrected chi connectivity index (χ2v) is 5.18. The van der Waals surface area contributed by atoms with Gasteiger partial charge in [0.1, 0.15) is 18.3 Å². The van der Waals surface area contributed by atoms with Gasteiger partial charge in [0.15, 0.2) is 0 Å². The SMILES string of the molecule is O=C1CN(c2ccc(OC(F)F)cc2)C(=O)C(C2CC2)N1. The predicted molar refractivity (Wildman–Crippen MR) is 70.1 cm³/mol. The zero-order valence-corrected chi connectivity index (χ0v) is 11.1. The van der Waals surface area contributed by atoms with Crippen LogP contribution in [0, 0.1) is 5.92 Å². The van der Waals surface area contributed by atoms with E-state index >= 15 is 0 Å². The minimum atomic E-state index is -2.89. The molecule has 1 atom stereocenters. The van der Waals surface area contributed by atoms with Crippen LogP contribution in [0.2, 0.25) is 0 Å². The van der Waals surface area contributed by atoms with E-state index in [0.717, 1.165) is 12.8 Å². The van der Waals surface area contributed by atoms with Gasteiger partial charge in [-0.25, -0.2) is 0 Å². The van der Waals surface area contributed by atoms with Gasteiger partial charge in [0.25, 0.3) is 0 Å². The molecule has 1 unspecified atom stereocenters. The van der Waals surface area contributed by atoms with Crippen molar-refractivity contribution in [2.24, 2.45) is 5.92 Å². The molecule has 1 aliphatic heterocycles. The van der Waals surface area contributed by atoms with Crippen molar-refractivity contribution in [1.82, 2.24) is 5.32 Å². The highest BCUT2D eigenvalue weighted by Gasteiger charge is 2.43. The summed E-state index contributed by atoms with van der Waals surface area (Å²) in [6.07, 6.45) is 1.87. The van der Waals surface area contributed by atoms with Crippen molar-refractivity contribution in [3.8, 4) is 5.75 Å². The van der Waals surface area contributed by atoms with Gasteiger partial charge in [-0.05, 0) is 43.0 Å². The Bertz CT molecular complexity index is 558. The summed E-state index contributed by atoms with van der Waals surface area (Å²) in [5, 5.41) is 2.71. The standard InChI is InChI=1S/C14H14F2N2O3/c15-14(16)21-10-5-3-9(4-6-10)18-7-11(19)17-12(13(18)20)8-1-2-8/h3-6,8,12,14H,1-2,7H2,(H,17,19). The van der Waals surface area contributed by atoms with Crippen molar-refractivity contribution < 1.29 is 23.1 Å². The van der Waals surface area contributed by atoms with Gasteiger partial charge in [-0.3, -0.25) is 9.59 Å². The number of benzene rings is 1. The third-order valence-corrected chi connectivity index (χ3v) is 3.62. The summed E-state index contributed by atoms with van der Waals surface area (Å²) in [5.74, 6) is -0.133. The number of nitrogens with one attached hydrogen (secondary N) is 1. The van der Waals surface area contributed by atoms with E-state index < -0.39 is 12.7 Å². The zero-order chi connectivity index (χ0) is 15.0. The first-order valence-corrected chi connectivity index (χ1v) is 6.70. The predicted octanol–water partition coefficient (Wildman–Crippen LogP) is 1.53. The number of ether oxygens (including phenoxy) is 1. The van der Waals surface area contributed by atoms with E-state index in [2.05, 4.69) is 10.1 Å². The van der Waals surface area contributed by atoms with Crippen molar-refractivity contribution in [2.75, 3.05) is 11.4 Å². The molecular formula is C14H14F2N2O3. The van der Waals surface area contributed by atoms with Gasteiger partial charge in [0.05, 0.1) is 0 Å². The van der Waals surface area contributed by atoms with Crippen LogP contribution in [0.4, 0.5) is 14.5 Å². The molecule has 1 N–H and O–H groups in total. The van der Waals surface area contributed by atoms with E-state index in [4.69, 9.17) is 0 Å². The van der Waals surface area contributed by atoms with Crippen molar-refractivity contribution in [3.05, 3.63) is 24.3 Å². The highest BCUT2D eigenvalue weighted by atomic mass is 19.3. The number of halogens is 2. The van der Waals surface area contributed by atoms with Crippen LogP contribution < -0.4 is 15.0 Å². The van der Waals surface area contributed by atoms with Crippen LogP contribution in [0.25, 0.3) is 0 Å². The molecule has 0 spiro atoms. The normalized spacial score (nSPS) is 22.4. The smallest absolute Gasteiger partial charge is 0.387 e. The van der Waals surface area contributed by atoms with Crippen LogP contribution in [0.5, 0.6) is 5.75 Å². The van der Waals surface area contributed by atoms with Crippen molar-refractivity contribution in [1.29, 1.82) is 0 Å². The Labute approximate surface area is 119 Å². The molecule has 7 heteroatoms. The number of rotatable bonds is 4. The largest absolute Gasteiger partial charge is 0.435 e. The Morgan fingerprint density at radius 1 is 1.19 bits per heavy atom. The quantitative estimate of drug-likeness (QED) is 0.916. The molecule has 112 valence electrons. The lowest BCUT2D eigenvalue weighted by Gasteiger charge is -2.32. The van der Waals surface area contributed by atoms with Gasteiger partial charge < -0.3 is 15.0 Å². The van der Waals surface area contributed by atoms with Crippen LogP contribution in [0.1, 0.15) is 12.8 Å². The van der Waals surface area contributed by atoms with Crippen molar-refractivity contribution in [2.45, 2.75) is 25.5 Å². The van der Waals surface area contributed by atoms with Crippen LogP contribution in [0.15, 0.2) is 24.3 Å². The summed E-state index contributed by atoms with van der Waals surface area (Å²) in [4.78, 5) is 25.5. The van der Waals surface area contributed by atoms with Gasteiger partial charge in [-0.1, -0.05) is 0 Å². The number of hydrogen-bond acceptors (Lipinski definition) is 3. The summed E-state index contributed by atoms with van der Waals surface area (Å²) in [6, 6.07) is 5.24. The van der Waals surface area contributed by atoms with Crippen LogP contribution in [0.3, 0.4) is 0 Å². The van der Waals surface area contributed by atoms with E-state index in [-0.39, 0.29) is 30.0 Å². The first kappa shape index (κ1) is 13.8. The Kier molecular flexibility index (Phi) is 3.48. The van der Waals surface area contributed by atoms with Gasteiger partial charge in [0, 0.05) is 5.69 Å². The highest BCUT2D eigenvalue weighted by Crippen LogP contribution is 2.35. The molecule has 1 aromatic rings. The third-order valence-electron chi connectivity index (χ3n) is 3.62. The molecule has 21 heavy (non-hydrogen) atoms. The van der Waals surface area contributed by atoms with E-state index in [1.54, 1.807) is 0 Å². The molecule has 0 aromatic heterocycles. The maximum atomic E-state index is 12.4. The molecule has 0 radical (unpaired) electrons. The van der Waals surface area contributed by atoms with Crippen molar-refractivity contribution in [3.63, 3.8) is 0 Å². The molecule has 3 rings (SSSR count). The fraction of sp³-hybridized carbons (Fsp3) is 0.429. The van der Waals surface area contributed by atoms with E-state index in [9.17, 15) is 18.4 Å². The number of alkyl halides is 2. The molecule has 5 nitrogen and oxygen atoms in total. The van der Waals surface area contributed by atoms with Crippen LogP contribution in [-0.4, -0.2) is 31.0 Å². The Morgan fingerprint density at radius 2 is 1.86 bits per heavy atom. The Hall–Kier alpha value is -2.18. The minimum absolute atomic E-state index is 0.0152. The Balaban J connectivity index is 1.77. The lowest BCUT2D eigenvalue weighted by Crippen LogP contribution is -2.59. The van der Waals surface area contributed by atoms with Gasteiger partial charge in [-0.15, -0.1) is 0 Å². The number of amides is 2. The number of hydrogen-bond donors (Lipinski definition) is 1. The van der Waals surface area contributed by atoms with Gasteiger partial charge in [-0.2, -0.15) is 8.78 Å². The van der Waals surface area contributed by atoms with E-state index in [1.165, 1.54) is 29.2 Å². The maximum Gasteiger partial charge on any atom is 0.387 e. The zero-order valence-electron chi connectivity index (χ0n) is 11.1. The molecule has 2 amide bonds. The monoisotopic (exact) mass is 296 g/mol. The molecule has 2 fully saturated rings. The fourth-order valence-electron chi connectivity index (χ4n) is 2.45. The number of anilines is 1. The fourth-order valence-corrected chi connectivity index (χ4v) is 2.45. The van der Waals surface area contributed by atoms with E-state index in [1.807, 2.05) is 0 Å². The third kappa shape index (κ3) is 2.96. The average Bonchev–Trinajstić information content (AvgIpc) is 3.26. The molecule has 0 bridgehead atoms. The molecule has 1 heterocycles. The second-order valence-electron chi connectivity index (χ2n) is 5.18. The highest BCUT2D eigenvalue weighted by molar-refractivity contribution is 6.06. The minimum Gasteiger partial charge on any atom is -0.435 e. The van der Waals surface area contributed by atoms with Gasteiger partial charge in [0.2, 0.25) is 11.8 Å². The average molecular weight is 296 g/mol. The molecule has 1 aliphatic carbocycles. The summed E-state index contributed by atoms with van der Waals surface area (Å²) in [5.41, 5.74) is 0.502. The van der Waals surface area contributed by atoms with E-state index in [0.29, 0.717) is 5.69 Å². The summed E-state index contributed by atoms with van der Waals surface area (Å²) in [7, 11) is 0. The first-order chi connectivity index (χ1) is 10.0. The summed E-state index contributed by atoms with van der Waals surface area (Å²) >= 11 is 0. The number of piperazine rings is 1. The number of carbonyl (C=O) groups excluding carboxylic acids is 2. The van der Waals surface area contributed by atoms with Crippen LogP contribution >= 0.6 is 0 Å². The summed E-state index contributed by atoms with van der Waals surface area (Å²) in [6.45, 7) is -2.95. The number of nitrogens with zero attached hydrogens (tertiary/aromatic N) is 1. The van der Waals surface area contributed by atoms with Crippen LogP contribution in [-0.2, 0) is 9.59 Å². The molecule has 2 aliphatic rings. The molecule has 1 saturated heterocycles. The molecular weight excluding hydrogens is 282 g/mol. The molecule has 1 aromatic carbocycles.